The maximum Gasteiger partial charge on any atom is 0.119 e. The molecule has 2 aromatic rings. The molecule has 3 rings (SSSR count). The van der Waals surface area contributed by atoms with Gasteiger partial charge in [0, 0.05) is 19.6 Å². The second kappa shape index (κ2) is 7.62. The molecule has 0 bridgehead atoms. The largest absolute Gasteiger partial charge is 0.490 e. The molecule has 0 amide bonds. The fourth-order valence-corrected chi connectivity index (χ4v) is 3.00. The highest BCUT2D eigenvalue weighted by Crippen LogP contribution is 2.20. The van der Waals surface area contributed by atoms with Gasteiger partial charge in [-0.3, -0.25) is 4.90 Å². The predicted octanol–water partition coefficient (Wildman–Crippen LogP) is 3.53. The minimum absolute atomic E-state index is 0.113. The highest BCUT2D eigenvalue weighted by molar-refractivity contribution is 5.26. The summed E-state index contributed by atoms with van der Waals surface area (Å²) in [6, 6.07) is 16.5. The Labute approximate surface area is 138 Å². The van der Waals surface area contributed by atoms with Crippen molar-refractivity contribution in [3.05, 3.63) is 65.2 Å². The lowest BCUT2D eigenvalue weighted by Crippen LogP contribution is -2.37. The van der Waals surface area contributed by atoms with Crippen molar-refractivity contribution in [2.24, 2.45) is 0 Å². The predicted molar refractivity (Wildman–Crippen MR) is 92.5 cm³/mol. The summed E-state index contributed by atoms with van der Waals surface area (Å²) in [5, 5.41) is 9.09. The van der Waals surface area contributed by atoms with E-state index in [1.807, 2.05) is 12.1 Å². The zero-order valence-electron chi connectivity index (χ0n) is 13.7. The first-order chi connectivity index (χ1) is 11.2. The van der Waals surface area contributed by atoms with Crippen molar-refractivity contribution in [2.75, 3.05) is 13.1 Å². The Morgan fingerprint density at radius 3 is 2.17 bits per heavy atom. The number of ether oxygens (including phenoxy) is 1. The number of likely N-dealkylation sites (tertiary alicyclic amines) is 1. The van der Waals surface area contributed by atoms with E-state index in [0.29, 0.717) is 6.10 Å². The van der Waals surface area contributed by atoms with Gasteiger partial charge >= 0.3 is 0 Å². The van der Waals surface area contributed by atoms with Crippen molar-refractivity contribution in [1.29, 1.82) is 0 Å². The lowest BCUT2D eigenvalue weighted by atomic mass is 10.1. The standard InChI is InChI=1S/C20H25NO2/c1-16-2-8-19(9-3-16)23-20-10-12-21(13-11-20)14-17-4-6-18(15-22)7-5-17/h2-9,20,22H,10-15H2,1H3. The number of benzene rings is 2. The van der Waals surface area contributed by atoms with Crippen LogP contribution in [-0.2, 0) is 13.2 Å². The topological polar surface area (TPSA) is 32.7 Å². The first kappa shape index (κ1) is 16.0. The quantitative estimate of drug-likeness (QED) is 0.917. The third-order valence-corrected chi connectivity index (χ3v) is 4.47. The Kier molecular flexibility index (Phi) is 5.31. The molecule has 122 valence electrons. The minimum atomic E-state index is 0.113. The van der Waals surface area contributed by atoms with Gasteiger partial charge in [-0.25, -0.2) is 0 Å². The molecule has 0 unspecified atom stereocenters. The average molecular weight is 311 g/mol. The molecular weight excluding hydrogens is 286 g/mol. The summed E-state index contributed by atoms with van der Waals surface area (Å²) >= 11 is 0. The van der Waals surface area contributed by atoms with Gasteiger partial charge in [-0.05, 0) is 43.0 Å². The van der Waals surface area contributed by atoms with Crippen LogP contribution < -0.4 is 4.74 Å². The summed E-state index contributed by atoms with van der Waals surface area (Å²) in [4.78, 5) is 2.48. The lowest BCUT2D eigenvalue weighted by Gasteiger charge is -2.32. The molecule has 1 N–H and O–H groups in total. The van der Waals surface area contributed by atoms with Crippen LogP contribution in [0.15, 0.2) is 48.5 Å². The van der Waals surface area contributed by atoms with Gasteiger partial charge in [-0.2, -0.15) is 0 Å². The van der Waals surface area contributed by atoms with Crippen LogP contribution in [0.25, 0.3) is 0 Å². The van der Waals surface area contributed by atoms with E-state index in [2.05, 4.69) is 48.2 Å². The molecule has 1 aliphatic heterocycles. The van der Waals surface area contributed by atoms with E-state index >= 15 is 0 Å². The fraction of sp³-hybridized carbons (Fsp3) is 0.400. The van der Waals surface area contributed by atoms with E-state index in [-0.39, 0.29) is 6.61 Å². The van der Waals surface area contributed by atoms with Gasteiger partial charge in [0.15, 0.2) is 0 Å². The zero-order chi connectivity index (χ0) is 16.1. The Hall–Kier alpha value is -1.84. The molecule has 23 heavy (non-hydrogen) atoms. The van der Waals surface area contributed by atoms with E-state index in [0.717, 1.165) is 43.8 Å². The number of hydrogen-bond donors (Lipinski definition) is 1. The molecule has 1 heterocycles. The Balaban J connectivity index is 1.47. The van der Waals surface area contributed by atoms with Crippen LogP contribution in [0.2, 0.25) is 0 Å². The Bertz CT molecular complexity index is 599. The van der Waals surface area contributed by atoms with E-state index in [4.69, 9.17) is 9.84 Å². The molecular formula is C20H25NO2. The minimum Gasteiger partial charge on any atom is -0.490 e. The molecule has 3 heteroatoms. The van der Waals surface area contributed by atoms with Crippen LogP contribution in [-0.4, -0.2) is 29.2 Å². The summed E-state index contributed by atoms with van der Waals surface area (Å²) in [7, 11) is 0. The highest BCUT2D eigenvalue weighted by Gasteiger charge is 2.20. The molecule has 0 spiro atoms. The number of aliphatic hydroxyl groups is 1. The molecule has 0 saturated carbocycles. The lowest BCUT2D eigenvalue weighted by molar-refractivity contribution is 0.0968. The monoisotopic (exact) mass is 311 g/mol. The molecule has 1 fully saturated rings. The highest BCUT2D eigenvalue weighted by atomic mass is 16.5. The van der Waals surface area contributed by atoms with Crippen LogP contribution in [0.5, 0.6) is 5.75 Å². The smallest absolute Gasteiger partial charge is 0.119 e. The van der Waals surface area contributed by atoms with Gasteiger partial charge in [-0.15, -0.1) is 0 Å². The number of piperidine rings is 1. The summed E-state index contributed by atoms with van der Waals surface area (Å²) in [5.74, 6) is 0.980. The van der Waals surface area contributed by atoms with Gasteiger partial charge in [-0.1, -0.05) is 42.0 Å². The molecule has 0 aliphatic carbocycles. The molecule has 0 aromatic heterocycles. The van der Waals surface area contributed by atoms with Crippen LogP contribution in [0.3, 0.4) is 0 Å². The number of aryl methyl sites for hydroxylation is 1. The fourth-order valence-electron chi connectivity index (χ4n) is 3.00. The van der Waals surface area contributed by atoms with Crippen LogP contribution >= 0.6 is 0 Å². The van der Waals surface area contributed by atoms with Crippen LogP contribution in [0.4, 0.5) is 0 Å². The summed E-state index contributed by atoms with van der Waals surface area (Å²) in [6.45, 7) is 5.32. The SMILES string of the molecule is Cc1ccc(OC2CCN(Cc3ccc(CO)cc3)CC2)cc1. The van der Waals surface area contributed by atoms with E-state index in [9.17, 15) is 0 Å². The number of hydrogen-bond acceptors (Lipinski definition) is 3. The molecule has 0 radical (unpaired) electrons. The maximum atomic E-state index is 9.09. The van der Waals surface area contributed by atoms with E-state index < -0.39 is 0 Å². The van der Waals surface area contributed by atoms with E-state index in [1.165, 1.54) is 11.1 Å². The van der Waals surface area contributed by atoms with E-state index in [1.54, 1.807) is 0 Å². The van der Waals surface area contributed by atoms with Crippen molar-refractivity contribution in [3.8, 4) is 5.75 Å². The van der Waals surface area contributed by atoms with Crippen molar-refractivity contribution in [3.63, 3.8) is 0 Å². The van der Waals surface area contributed by atoms with Crippen LogP contribution in [0, 0.1) is 6.92 Å². The normalized spacial score (nSPS) is 16.4. The first-order valence-electron chi connectivity index (χ1n) is 8.37. The van der Waals surface area contributed by atoms with Gasteiger partial charge in [0.1, 0.15) is 11.9 Å². The molecule has 2 aromatic carbocycles. The molecule has 0 atom stereocenters. The van der Waals surface area contributed by atoms with Crippen molar-refractivity contribution in [1.82, 2.24) is 4.90 Å². The van der Waals surface area contributed by atoms with Gasteiger partial charge in [0.2, 0.25) is 0 Å². The summed E-state index contributed by atoms with van der Waals surface area (Å²) in [6.07, 6.45) is 2.47. The third kappa shape index (κ3) is 4.57. The second-order valence-corrected chi connectivity index (χ2v) is 6.38. The van der Waals surface area contributed by atoms with Crippen molar-refractivity contribution < 1.29 is 9.84 Å². The average Bonchev–Trinajstić information content (AvgIpc) is 2.59. The van der Waals surface area contributed by atoms with Crippen molar-refractivity contribution >= 4 is 0 Å². The third-order valence-electron chi connectivity index (χ3n) is 4.47. The zero-order valence-corrected chi connectivity index (χ0v) is 13.7. The van der Waals surface area contributed by atoms with Crippen molar-refractivity contribution in [2.45, 2.75) is 39.0 Å². The summed E-state index contributed by atoms with van der Waals surface area (Å²) in [5.41, 5.74) is 3.54. The van der Waals surface area contributed by atoms with Gasteiger partial charge < -0.3 is 9.84 Å². The maximum absolute atomic E-state index is 9.09. The Morgan fingerprint density at radius 2 is 1.57 bits per heavy atom. The number of aliphatic hydroxyl groups excluding tert-OH is 1. The second-order valence-electron chi connectivity index (χ2n) is 6.38. The molecule has 1 saturated heterocycles. The number of rotatable bonds is 5. The first-order valence-corrected chi connectivity index (χ1v) is 8.37. The number of nitrogens with zero attached hydrogens (tertiary/aromatic N) is 1. The molecule has 3 nitrogen and oxygen atoms in total. The van der Waals surface area contributed by atoms with Gasteiger partial charge in [0.05, 0.1) is 6.61 Å². The summed E-state index contributed by atoms with van der Waals surface area (Å²) < 4.78 is 6.08. The Morgan fingerprint density at radius 1 is 0.957 bits per heavy atom. The van der Waals surface area contributed by atoms with Gasteiger partial charge in [0.25, 0.3) is 0 Å². The van der Waals surface area contributed by atoms with Crippen LogP contribution in [0.1, 0.15) is 29.5 Å². The molecule has 1 aliphatic rings.